The number of nitrogens with two attached hydrogens (primary N) is 1. The van der Waals surface area contributed by atoms with Crippen molar-refractivity contribution in [3.63, 3.8) is 0 Å². The van der Waals surface area contributed by atoms with Gasteiger partial charge in [-0.15, -0.1) is 0 Å². The zero-order valence-corrected chi connectivity index (χ0v) is 14.1. The molecule has 1 saturated carbocycles. The molecule has 0 bridgehead atoms. The molecule has 1 aliphatic rings. The van der Waals surface area contributed by atoms with E-state index in [2.05, 4.69) is 36.8 Å². The van der Waals surface area contributed by atoms with E-state index < -0.39 is 0 Å². The number of rotatable bonds is 6. The molecular weight excluding hydrogens is 388 g/mol. The summed E-state index contributed by atoms with van der Waals surface area (Å²) >= 11 is 6.84. The summed E-state index contributed by atoms with van der Waals surface area (Å²) in [5.41, 5.74) is 6.00. The molecule has 1 unspecified atom stereocenters. The van der Waals surface area contributed by atoms with Crippen LogP contribution in [-0.2, 0) is 6.54 Å². The molecule has 0 spiro atoms. The van der Waals surface area contributed by atoms with Gasteiger partial charge in [0, 0.05) is 12.6 Å². The Hall–Kier alpha value is -0.560. The molecular formula is C14H16Br2N2O2. The van der Waals surface area contributed by atoms with E-state index in [9.17, 15) is 0 Å². The van der Waals surface area contributed by atoms with Crippen LogP contribution in [0.15, 0.2) is 42.4 Å². The Morgan fingerprint density at radius 3 is 2.70 bits per heavy atom. The maximum atomic E-state index is 6.00. The third-order valence-electron chi connectivity index (χ3n) is 3.55. The van der Waals surface area contributed by atoms with Gasteiger partial charge in [-0.05, 0) is 62.9 Å². The van der Waals surface area contributed by atoms with Gasteiger partial charge in [0.1, 0.15) is 11.5 Å². The molecule has 2 aromatic rings. The minimum absolute atomic E-state index is 0.0650. The summed E-state index contributed by atoms with van der Waals surface area (Å²) in [4.78, 5) is 2.37. The molecule has 1 fully saturated rings. The standard InChI is InChI=1S/C14H16Br2N2O2/c15-11-6-13(20-14(11)16)12(7-17)18(9-3-4-9)8-10-2-1-5-19-10/h1-2,5-6,9,12H,3-4,7-8,17H2. The molecule has 0 amide bonds. The topological polar surface area (TPSA) is 55.5 Å². The molecule has 4 nitrogen and oxygen atoms in total. The van der Waals surface area contributed by atoms with Gasteiger partial charge < -0.3 is 14.6 Å². The molecule has 0 saturated heterocycles. The lowest BCUT2D eigenvalue weighted by molar-refractivity contribution is 0.148. The predicted molar refractivity (Wildman–Crippen MR) is 83.2 cm³/mol. The van der Waals surface area contributed by atoms with Gasteiger partial charge in [-0.1, -0.05) is 0 Å². The van der Waals surface area contributed by atoms with Gasteiger partial charge in [-0.3, -0.25) is 4.90 Å². The van der Waals surface area contributed by atoms with Gasteiger partial charge in [-0.2, -0.15) is 0 Å². The monoisotopic (exact) mass is 402 g/mol. The van der Waals surface area contributed by atoms with E-state index in [0.717, 1.165) is 22.5 Å². The van der Waals surface area contributed by atoms with E-state index >= 15 is 0 Å². The van der Waals surface area contributed by atoms with Gasteiger partial charge in [0.2, 0.25) is 0 Å². The molecule has 0 radical (unpaired) electrons. The predicted octanol–water partition coefficient (Wildman–Crippen LogP) is 4.06. The fourth-order valence-electron chi connectivity index (χ4n) is 2.42. The van der Waals surface area contributed by atoms with Crippen LogP contribution < -0.4 is 5.73 Å². The maximum absolute atomic E-state index is 6.00. The first-order valence-corrected chi connectivity index (χ1v) is 8.20. The molecule has 2 heterocycles. The molecule has 0 aromatic carbocycles. The van der Waals surface area contributed by atoms with Crippen molar-refractivity contribution in [2.75, 3.05) is 6.54 Å². The van der Waals surface area contributed by atoms with Gasteiger partial charge in [0.15, 0.2) is 4.67 Å². The highest BCUT2D eigenvalue weighted by molar-refractivity contribution is 9.13. The molecule has 0 aliphatic heterocycles. The second-order valence-corrected chi connectivity index (χ2v) is 6.58. The van der Waals surface area contributed by atoms with Crippen molar-refractivity contribution in [3.8, 4) is 0 Å². The van der Waals surface area contributed by atoms with Crippen LogP contribution in [0, 0.1) is 0 Å². The zero-order valence-electron chi connectivity index (χ0n) is 10.9. The SMILES string of the molecule is NCC(c1cc(Br)c(Br)o1)N(Cc1ccco1)C1CC1. The highest BCUT2D eigenvalue weighted by Crippen LogP contribution is 2.38. The average Bonchev–Trinajstić information content (AvgIpc) is 3.05. The number of halogens is 2. The van der Waals surface area contributed by atoms with Crippen LogP contribution in [0.1, 0.15) is 30.4 Å². The van der Waals surface area contributed by atoms with Crippen LogP contribution in [0.3, 0.4) is 0 Å². The third-order valence-corrected chi connectivity index (χ3v) is 5.26. The van der Waals surface area contributed by atoms with Crippen molar-refractivity contribution in [2.24, 2.45) is 5.73 Å². The first-order valence-electron chi connectivity index (χ1n) is 6.62. The highest BCUT2D eigenvalue weighted by atomic mass is 79.9. The quantitative estimate of drug-likeness (QED) is 0.789. The Labute approximate surface area is 134 Å². The van der Waals surface area contributed by atoms with Crippen molar-refractivity contribution >= 4 is 31.9 Å². The molecule has 6 heteroatoms. The Kier molecular flexibility index (Phi) is 4.35. The van der Waals surface area contributed by atoms with E-state index in [1.807, 2.05) is 18.2 Å². The van der Waals surface area contributed by atoms with Crippen molar-refractivity contribution in [2.45, 2.75) is 31.5 Å². The molecule has 2 aromatic heterocycles. The summed E-state index contributed by atoms with van der Waals surface area (Å²) in [7, 11) is 0. The maximum Gasteiger partial charge on any atom is 0.183 e. The van der Waals surface area contributed by atoms with Crippen LogP contribution >= 0.6 is 31.9 Å². The minimum Gasteiger partial charge on any atom is -0.468 e. The lowest BCUT2D eigenvalue weighted by Gasteiger charge is -2.28. The Morgan fingerprint density at radius 2 is 2.20 bits per heavy atom. The summed E-state index contributed by atoms with van der Waals surface area (Å²) in [6, 6.07) is 6.53. The van der Waals surface area contributed by atoms with Crippen LogP contribution in [0.25, 0.3) is 0 Å². The summed E-state index contributed by atoms with van der Waals surface area (Å²) in [5, 5.41) is 0. The van der Waals surface area contributed by atoms with Crippen LogP contribution in [0.2, 0.25) is 0 Å². The van der Waals surface area contributed by atoms with Crippen LogP contribution in [0.4, 0.5) is 0 Å². The van der Waals surface area contributed by atoms with E-state index in [-0.39, 0.29) is 6.04 Å². The van der Waals surface area contributed by atoms with Crippen molar-refractivity contribution in [1.29, 1.82) is 0 Å². The smallest absolute Gasteiger partial charge is 0.183 e. The summed E-state index contributed by atoms with van der Waals surface area (Å²) in [6.07, 6.45) is 4.12. The van der Waals surface area contributed by atoms with Crippen LogP contribution in [-0.4, -0.2) is 17.5 Å². The van der Waals surface area contributed by atoms with Crippen LogP contribution in [0.5, 0.6) is 0 Å². The summed E-state index contributed by atoms with van der Waals surface area (Å²) < 4.78 is 12.9. The van der Waals surface area contributed by atoms with Crippen molar-refractivity contribution < 1.29 is 8.83 Å². The number of nitrogens with zero attached hydrogens (tertiary/aromatic N) is 1. The number of furan rings is 2. The fraction of sp³-hybridized carbons (Fsp3) is 0.429. The van der Waals surface area contributed by atoms with E-state index in [1.54, 1.807) is 6.26 Å². The Bertz CT molecular complexity index is 544. The molecule has 3 rings (SSSR count). The largest absolute Gasteiger partial charge is 0.468 e. The second-order valence-electron chi connectivity index (χ2n) is 5.00. The third kappa shape index (κ3) is 3.03. The van der Waals surface area contributed by atoms with Gasteiger partial charge in [-0.25, -0.2) is 0 Å². The second kappa shape index (κ2) is 6.05. The van der Waals surface area contributed by atoms with Gasteiger partial charge in [0.25, 0.3) is 0 Å². The van der Waals surface area contributed by atoms with Crippen molar-refractivity contribution in [3.05, 3.63) is 45.1 Å². The molecule has 1 atom stereocenters. The first-order chi connectivity index (χ1) is 9.69. The summed E-state index contributed by atoms with van der Waals surface area (Å²) in [6.45, 7) is 1.28. The summed E-state index contributed by atoms with van der Waals surface area (Å²) in [5.74, 6) is 1.84. The Balaban J connectivity index is 1.84. The highest BCUT2D eigenvalue weighted by Gasteiger charge is 2.36. The zero-order chi connectivity index (χ0) is 14.1. The molecule has 20 heavy (non-hydrogen) atoms. The van der Waals surface area contributed by atoms with Gasteiger partial charge in [0.05, 0.1) is 23.3 Å². The molecule has 1 aliphatic carbocycles. The van der Waals surface area contributed by atoms with Crippen molar-refractivity contribution in [1.82, 2.24) is 4.90 Å². The van der Waals surface area contributed by atoms with E-state index in [0.29, 0.717) is 17.3 Å². The normalized spacial score (nSPS) is 16.8. The number of hydrogen-bond donors (Lipinski definition) is 1. The average molecular weight is 404 g/mol. The Morgan fingerprint density at radius 1 is 1.40 bits per heavy atom. The fourth-order valence-corrected chi connectivity index (χ4v) is 3.03. The van der Waals surface area contributed by atoms with E-state index in [1.165, 1.54) is 12.8 Å². The lowest BCUT2D eigenvalue weighted by atomic mass is 10.1. The number of hydrogen-bond acceptors (Lipinski definition) is 4. The first kappa shape index (κ1) is 14.4. The lowest BCUT2D eigenvalue weighted by Crippen LogP contribution is -2.34. The van der Waals surface area contributed by atoms with Gasteiger partial charge >= 0.3 is 0 Å². The van der Waals surface area contributed by atoms with E-state index in [4.69, 9.17) is 14.6 Å². The minimum atomic E-state index is 0.0650. The molecule has 108 valence electrons. The molecule has 2 N–H and O–H groups in total.